The SMILES string of the molecule is Cn1ccnc1[C@@H](Nc1ncc(C(N)=O)cc1Cl)c1ccccc1. The molecule has 122 valence electrons. The number of amides is 1. The van der Waals surface area contributed by atoms with Crippen molar-refractivity contribution in [3.63, 3.8) is 0 Å². The van der Waals surface area contributed by atoms with E-state index < -0.39 is 5.91 Å². The Labute approximate surface area is 144 Å². The fourth-order valence-electron chi connectivity index (χ4n) is 2.41. The highest BCUT2D eigenvalue weighted by Gasteiger charge is 2.20. The number of imidazole rings is 1. The summed E-state index contributed by atoms with van der Waals surface area (Å²) in [4.78, 5) is 19.9. The van der Waals surface area contributed by atoms with Gasteiger partial charge in [-0.1, -0.05) is 41.9 Å². The monoisotopic (exact) mass is 341 g/mol. The van der Waals surface area contributed by atoms with Crippen molar-refractivity contribution in [3.8, 4) is 0 Å². The molecule has 1 aromatic carbocycles. The average Bonchev–Trinajstić information content (AvgIpc) is 3.00. The number of aromatic nitrogens is 3. The van der Waals surface area contributed by atoms with Gasteiger partial charge in [0.25, 0.3) is 0 Å². The summed E-state index contributed by atoms with van der Waals surface area (Å²) in [5, 5.41) is 3.62. The van der Waals surface area contributed by atoms with E-state index in [1.165, 1.54) is 12.3 Å². The summed E-state index contributed by atoms with van der Waals surface area (Å²) < 4.78 is 1.93. The molecule has 0 unspecified atom stereocenters. The van der Waals surface area contributed by atoms with E-state index in [9.17, 15) is 4.79 Å². The minimum Gasteiger partial charge on any atom is -0.366 e. The summed E-state index contributed by atoms with van der Waals surface area (Å²) in [5.41, 5.74) is 6.53. The Morgan fingerprint density at radius 1 is 1.29 bits per heavy atom. The van der Waals surface area contributed by atoms with E-state index in [1.807, 2.05) is 48.1 Å². The summed E-state index contributed by atoms with van der Waals surface area (Å²) in [5.74, 6) is 0.705. The van der Waals surface area contributed by atoms with Crippen LogP contribution in [0.15, 0.2) is 55.0 Å². The zero-order valence-electron chi connectivity index (χ0n) is 13.0. The molecule has 1 amide bonds. The number of carbonyl (C=O) groups excluding carboxylic acids is 1. The molecule has 0 spiro atoms. The van der Waals surface area contributed by atoms with Gasteiger partial charge in [-0.25, -0.2) is 9.97 Å². The Kier molecular flexibility index (Phi) is 4.48. The van der Waals surface area contributed by atoms with Crippen molar-refractivity contribution in [1.82, 2.24) is 14.5 Å². The van der Waals surface area contributed by atoms with Gasteiger partial charge in [0.05, 0.1) is 10.6 Å². The molecule has 0 aliphatic heterocycles. The van der Waals surface area contributed by atoms with Gasteiger partial charge in [-0.2, -0.15) is 0 Å². The van der Waals surface area contributed by atoms with Crippen LogP contribution >= 0.6 is 11.6 Å². The summed E-state index contributed by atoms with van der Waals surface area (Å²) >= 11 is 6.25. The van der Waals surface area contributed by atoms with E-state index in [0.29, 0.717) is 10.8 Å². The molecular weight excluding hydrogens is 326 g/mol. The van der Waals surface area contributed by atoms with Crippen molar-refractivity contribution >= 4 is 23.3 Å². The maximum absolute atomic E-state index is 11.2. The lowest BCUT2D eigenvalue weighted by Crippen LogP contribution is -2.18. The smallest absolute Gasteiger partial charge is 0.250 e. The highest BCUT2D eigenvalue weighted by molar-refractivity contribution is 6.33. The molecule has 1 atom stereocenters. The van der Waals surface area contributed by atoms with E-state index in [4.69, 9.17) is 17.3 Å². The van der Waals surface area contributed by atoms with Crippen LogP contribution in [0.4, 0.5) is 5.82 Å². The van der Waals surface area contributed by atoms with Crippen LogP contribution in [0.3, 0.4) is 0 Å². The van der Waals surface area contributed by atoms with Crippen molar-refractivity contribution in [2.75, 3.05) is 5.32 Å². The van der Waals surface area contributed by atoms with Gasteiger partial charge in [0, 0.05) is 25.6 Å². The molecule has 0 fully saturated rings. The van der Waals surface area contributed by atoms with Crippen molar-refractivity contribution in [1.29, 1.82) is 0 Å². The van der Waals surface area contributed by atoms with Crippen LogP contribution < -0.4 is 11.1 Å². The Hall–Kier alpha value is -2.86. The number of rotatable bonds is 5. The molecule has 0 saturated carbocycles. The number of pyridine rings is 1. The highest BCUT2D eigenvalue weighted by Crippen LogP contribution is 2.28. The summed E-state index contributed by atoms with van der Waals surface area (Å²) in [6.07, 6.45) is 5.01. The first-order chi connectivity index (χ1) is 11.6. The maximum Gasteiger partial charge on any atom is 0.250 e. The Bertz CT molecular complexity index is 862. The lowest BCUT2D eigenvalue weighted by atomic mass is 10.1. The summed E-state index contributed by atoms with van der Waals surface area (Å²) in [6.45, 7) is 0. The van der Waals surface area contributed by atoms with Gasteiger partial charge in [-0.15, -0.1) is 0 Å². The van der Waals surface area contributed by atoms with Crippen molar-refractivity contribution in [2.24, 2.45) is 12.8 Å². The largest absolute Gasteiger partial charge is 0.366 e. The van der Waals surface area contributed by atoms with Gasteiger partial charge in [0.1, 0.15) is 17.7 Å². The average molecular weight is 342 g/mol. The molecule has 6 nitrogen and oxygen atoms in total. The number of carbonyl (C=O) groups is 1. The van der Waals surface area contributed by atoms with Crippen molar-refractivity contribution < 1.29 is 4.79 Å². The Morgan fingerprint density at radius 3 is 2.62 bits per heavy atom. The summed E-state index contributed by atoms with van der Waals surface area (Å²) in [7, 11) is 1.92. The number of nitrogens with zero attached hydrogens (tertiary/aromatic N) is 3. The quantitative estimate of drug-likeness (QED) is 0.747. The molecule has 3 rings (SSSR count). The molecule has 24 heavy (non-hydrogen) atoms. The van der Waals surface area contributed by atoms with E-state index >= 15 is 0 Å². The molecule has 0 aliphatic rings. The zero-order chi connectivity index (χ0) is 17.1. The first-order valence-electron chi connectivity index (χ1n) is 7.30. The molecule has 3 aromatic rings. The van der Waals surface area contributed by atoms with E-state index in [0.717, 1.165) is 11.4 Å². The molecule has 2 aromatic heterocycles. The number of nitrogens with one attached hydrogen (secondary N) is 1. The Balaban J connectivity index is 1.99. The molecular formula is C17H16ClN5O. The number of nitrogens with two attached hydrogens (primary N) is 1. The minimum atomic E-state index is -0.570. The highest BCUT2D eigenvalue weighted by atomic mass is 35.5. The van der Waals surface area contributed by atoms with E-state index in [1.54, 1.807) is 6.20 Å². The van der Waals surface area contributed by atoms with Crippen LogP contribution in [-0.4, -0.2) is 20.4 Å². The van der Waals surface area contributed by atoms with E-state index in [2.05, 4.69) is 15.3 Å². The zero-order valence-corrected chi connectivity index (χ0v) is 13.7. The van der Waals surface area contributed by atoms with Crippen LogP contribution in [-0.2, 0) is 7.05 Å². The van der Waals surface area contributed by atoms with Gasteiger partial charge in [0.15, 0.2) is 0 Å². The lowest BCUT2D eigenvalue weighted by Gasteiger charge is -2.20. The van der Waals surface area contributed by atoms with Gasteiger partial charge in [-0.3, -0.25) is 4.79 Å². The summed E-state index contributed by atoms with van der Waals surface area (Å²) in [6, 6.07) is 11.1. The van der Waals surface area contributed by atoms with Crippen LogP contribution in [0.1, 0.15) is 27.8 Å². The normalized spacial score (nSPS) is 11.9. The predicted octanol–water partition coefficient (Wildman–Crippen LogP) is 2.77. The van der Waals surface area contributed by atoms with Gasteiger partial charge in [0.2, 0.25) is 5.91 Å². The third-order valence-electron chi connectivity index (χ3n) is 3.66. The number of anilines is 1. The van der Waals surface area contributed by atoms with Crippen LogP contribution in [0, 0.1) is 0 Å². The number of benzene rings is 1. The standard InChI is InChI=1S/C17H16ClN5O/c1-23-8-7-20-17(23)14(11-5-3-2-4-6-11)22-16-13(18)9-12(10-21-16)15(19)24/h2-10,14H,1H3,(H2,19,24)(H,21,22)/t14-/m0/s1. The molecule has 7 heteroatoms. The topological polar surface area (TPSA) is 85.8 Å². The second-order valence-corrected chi connectivity index (χ2v) is 5.71. The third-order valence-corrected chi connectivity index (χ3v) is 3.94. The number of hydrogen-bond donors (Lipinski definition) is 2. The first kappa shape index (κ1) is 16.0. The number of hydrogen-bond acceptors (Lipinski definition) is 4. The molecule has 0 radical (unpaired) electrons. The molecule has 0 bridgehead atoms. The van der Waals surface area contributed by atoms with Gasteiger partial charge < -0.3 is 15.6 Å². The van der Waals surface area contributed by atoms with Gasteiger partial charge in [-0.05, 0) is 11.6 Å². The second kappa shape index (κ2) is 6.72. The van der Waals surface area contributed by atoms with Crippen LogP contribution in [0.5, 0.6) is 0 Å². The minimum absolute atomic E-state index is 0.240. The Morgan fingerprint density at radius 2 is 2.04 bits per heavy atom. The maximum atomic E-state index is 11.2. The van der Waals surface area contributed by atoms with Crippen molar-refractivity contribution in [2.45, 2.75) is 6.04 Å². The molecule has 0 aliphatic carbocycles. The second-order valence-electron chi connectivity index (χ2n) is 5.30. The fourth-order valence-corrected chi connectivity index (χ4v) is 2.63. The van der Waals surface area contributed by atoms with Gasteiger partial charge >= 0.3 is 0 Å². The lowest BCUT2D eigenvalue weighted by molar-refractivity contribution is 0.1000. The first-order valence-corrected chi connectivity index (χ1v) is 7.68. The number of aryl methyl sites for hydroxylation is 1. The fraction of sp³-hybridized carbons (Fsp3) is 0.118. The third kappa shape index (κ3) is 3.23. The van der Waals surface area contributed by atoms with E-state index in [-0.39, 0.29) is 11.6 Å². The molecule has 0 saturated heterocycles. The molecule has 2 heterocycles. The number of primary amides is 1. The number of halogens is 1. The van der Waals surface area contributed by atoms with Crippen molar-refractivity contribution in [3.05, 3.63) is 77.0 Å². The van der Waals surface area contributed by atoms with Crippen LogP contribution in [0.2, 0.25) is 5.02 Å². The molecule has 3 N–H and O–H groups in total. The predicted molar refractivity (Wildman–Crippen MR) is 92.9 cm³/mol. The van der Waals surface area contributed by atoms with Crippen LogP contribution in [0.25, 0.3) is 0 Å².